The van der Waals surface area contributed by atoms with E-state index in [1.807, 2.05) is 0 Å². The number of aliphatic hydroxyl groups excluding tert-OH is 1. The van der Waals surface area contributed by atoms with Crippen LogP contribution in [0.5, 0.6) is 0 Å². The van der Waals surface area contributed by atoms with Crippen LogP contribution in [0.25, 0.3) is 0 Å². The summed E-state index contributed by atoms with van der Waals surface area (Å²) in [4.78, 5) is 73.1. The van der Waals surface area contributed by atoms with Crippen LogP contribution in [0.1, 0.15) is 432 Å². The van der Waals surface area contributed by atoms with Crippen LogP contribution in [0.4, 0.5) is 0 Å². The van der Waals surface area contributed by atoms with E-state index in [1.54, 1.807) is 0 Å². The van der Waals surface area contributed by atoms with Crippen LogP contribution in [-0.4, -0.2) is 96.7 Å². The second-order valence-electron chi connectivity index (χ2n) is 29.5. The Hall–Kier alpha value is -2.46. The number of allylic oxidation sites excluding steroid dienone is 4. The van der Waals surface area contributed by atoms with Crippen molar-refractivity contribution in [3.63, 3.8) is 0 Å². The first-order chi connectivity index (χ1) is 50.2. The van der Waals surface area contributed by atoms with E-state index in [0.29, 0.717) is 25.7 Å². The molecule has 2 unspecified atom stereocenters. The SMILES string of the molecule is CCCCCC/C=C\C=C/CCCCCCCC(=O)OC[C@H](COP(=O)(O)OC[C@@H](O)COP(=O)(O)OC[C@@H](COC(=O)CCCCCCCCCCCCCCC)OC(=O)CCCCCCCCCCCCCCC)OC(=O)CCCCCCCCCCCCCCCCCCCCCCCC. The first kappa shape index (κ1) is 101. The van der Waals surface area contributed by atoms with Crippen LogP contribution in [0, 0.1) is 0 Å². The van der Waals surface area contributed by atoms with Gasteiger partial charge in [0.25, 0.3) is 0 Å². The molecule has 0 heterocycles. The standard InChI is InChI=1S/C84H160O17P2/c1-5-9-13-17-21-25-29-33-35-36-37-38-39-40-41-43-47-51-55-59-63-67-71-84(89)101-80(75-95-82(87)69-65-61-57-53-49-46-42-34-30-26-22-18-14-10-6-2)77-99-103(92,93)97-73-78(85)72-96-102(90,91)98-76-79(100-83(88)70-66-62-58-54-50-45-32-28-24-20-16-12-8-4)74-94-81(86)68-64-60-56-52-48-44-31-27-23-19-15-11-7-3/h26,30,34,42,78-80,85H,5-25,27-29,31-33,35-41,43-77H2,1-4H3,(H,90,91)(H,92,93)/b30-26-,42-34-/t78-,79+,80+/m0/s1. The number of ether oxygens (including phenoxy) is 4. The van der Waals surface area contributed by atoms with E-state index in [9.17, 15) is 43.2 Å². The Morgan fingerprint density at radius 1 is 0.272 bits per heavy atom. The van der Waals surface area contributed by atoms with Gasteiger partial charge in [-0.15, -0.1) is 0 Å². The molecular weight excluding hydrogens is 1340 g/mol. The molecule has 0 saturated carbocycles. The van der Waals surface area contributed by atoms with Gasteiger partial charge in [-0.3, -0.25) is 37.3 Å². The van der Waals surface area contributed by atoms with Crippen molar-refractivity contribution >= 4 is 39.5 Å². The molecule has 608 valence electrons. The highest BCUT2D eigenvalue weighted by Crippen LogP contribution is 2.45. The van der Waals surface area contributed by atoms with E-state index in [0.717, 1.165) is 109 Å². The van der Waals surface area contributed by atoms with E-state index >= 15 is 0 Å². The Labute approximate surface area is 631 Å². The molecule has 3 N–H and O–H groups in total. The van der Waals surface area contributed by atoms with Gasteiger partial charge in [-0.2, -0.15) is 0 Å². The number of carbonyl (C=O) groups is 4. The molecule has 0 aliphatic carbocycles. The minimum atomic E-state index is -4.97. The third-order valence-corrected chi connectivity index (χ3v) is 21.1. The second kappa shape index (κ2) is 77.7. The minimum Gasteiger partial charge on any atom is -0.462 e. The predicted molar refractivity (Wildman–Crippen MR) is 423 cm³/mol. The summed E-state index contributed by atoms with van der Waals surface area (Å²) >= 11 is 0. The highest BCUT2D eigenvalue weighted by atomic mass is 31.2. The number of aliphatic hydroxyl groups is 1. The second-order valence-corrected chi connectivity index (χ2v) is 32.4. The van der Waals surface area contributed by atoms with Gasteiger partial charge in [0.15, 0.2) is 12.2 Å². The topological polar surface area (TPSA) is 237 Å². The van der Waals surface area contributed by atoms with Gasteiger partial charge in [-0.25, -0.2) is 9.13 Å². The Morgan fingerprint density at radius 3 is 0.709 bits per heavy atom. The Morgan fingerprint density at radius 2 is 0.466 bits per heavy atom. The van der Waals surface area contributed by atoms with Crippen molar-refractivity contribution in [3.8, 4) is 0 Å². The van der Waals surface area contributed by atoms with Gasteiger partial charge in [0.1, 0.15) is 19.3 Å². The van der Waals surface area contributed by atoms with Crippen molar-refractivity contribution < 1.29 is 80.2 Å². The van der Waals surface area contributed by atoms with Gasteiger partial charge in [0.05, 0.1) is 26.4 Å². The van der Waals surface area contributed by atoms with Crippen LogP contribution < -0.4 is 0 Å². The van der Waals surface area contributed by atoms with Crippen LogP contribution in [0.2, 0.25) is 0 Å². The average Bonchev–Trinajstić information content (AvgIpc) is 0.913. The van der Waals surface area contributed by atoms with Crippen LogP contribution >= 0.6 is 15.6 Å². The maximum Gasteiger partial charge on any atom is 0.472 e. The first-order valence-electron chi connectivity index (χ1n) is 43.1. The van der Waals surface area contributed by atoms with Crippen LogP contribution in [0.3, 0.4) is 0 Å². The Bertz CT molecular complexity index is 2040. The smallest absolute Gasteiger partial charge is 0.462 e. The number of phosphoric acid groups is 2. The number of phosphoric ester groups is 2. The number of hydrogen-bond donors (Lipinski definition) is 3. The van der Waals surface area contributed by atoms with E-state index < -0.39 is 97.5 Å². The lowest BCUT2D eigenvalue weighted by Crippen LogP contribution is -2.30. The van der Waals surface area contributed by atoms with Crippen molar-refractivity contribution in [2.45, 2.75) is 451 Å². The Kier molecular flexibility index (Phi) is 75.8. The maximum atomic E-state index is 13.1. The summed E-state index contributed by atoms with van der Waals surface area (Å²) in [6.07, 6.45) is 74.3. The Balaban J connectivity index is 5.25. The van der Waals surface area contributed by atoms with E-state index in [1.165, 1.54) is 244 Å². The summed E-state index contributed by atoms with van der Waals surface area (Å²) in [6.45, 7) is 4.98. The van der Waals surface area contributed by atoms with Crippen molar-refractivity contribution in [1.82, 2.24) is 0 Å². The molecule has 0 aromatic heterocycles. The molecule has 0 aromatic carbocycles. The zero-order valence-electron chi connectivity index (χ0n) is 66.8. The zero-order valence-corrected chi connectivity index (χ0v) is 68.6. The highest BCUT2D eigenvalue weighted by molar-refractivity contribution is 7.47. The third-order valence-electron chi connectivity index (χ3n) is 19.2. The fourth-order valence-corrected chi connectivity index (χ4v) is 14.2. The largest absolute Gasteiger partial charge is 0.472 e. The number of esters is 4. The molecule has 0 aliphatic heterocycles. The normalized spacial score (nSPS) is 13.9. The van der Waals surface area contributed by atoms with Gasteiger partial charge >= 0.3 is 39.5 Å². The van der Waals surface area contributed by atoms with Crippen molar-refractivity contribution in [3.05, 3.63) is 24.3 Å². The summed E-state index contributed by atoms with van der Waals surface area (Å²) in [7, 11) is -9.93. The van der Waals surface area contributed by atoms with Gasteiger partial charge in [0.2, 0.25) is 0 Å². The molecular formula is C84H160O17P2. The number of hydrogen-bond acceptors (Lipinski definition) is 15. The van der Waals surface area contributed by atoms with Crippen molar-refractivity contribution in [2.75, 3.05) is 39.6 Å². The minimum absolute atomic E-state index is 0.103. The van der Waals surface area contributed by atoms with Crippen molar-refractivity contribution in [2.24, 2.45) is 0 Å². The molecule has 0 spiro atoms. The lowest BCUT2D eigenvalue weighted by Gasteiger charge is -2.21. The van der Waals surface area contributed by atoms with E-state index in [2.05, 4.69) is 52.0 Å². The molecule has 5 atom stereocenters. The number of rotatable bonds is 83. The molecule has 0 rings (SSSR count). The molecule has 17 nitrogen and oxygen atoms in total. The number of unbranched alkanes of at least 4 members (excludes halogenated alkanes) is 54. The van der Waals surface area contributed by atoms with E-state index in [4.69, 9.17) is 37.0 Å². The molecule has 0 fully saturated rings. The van der Waals surface area contributed by atoms with Gasteiger partial charge in [-0.1, -0.05) is 379 Å². The molecule has 0 aliphatic rings. The maximum absolute atomic E-state index is 13.1. The van der Waals surface area contributed by atoms with Crippen LogP contribution in [-0.2, 0) is 65.4 Å². The zero-order chi connectivity index (χ0) is 75.3. The fourth-order valence-electron chi connectivity index (χ4n) is 12.6. The molecule has 19 heteroatoms. The fraction of sp³-hybridized carbons (Fsp3) is 0.905. The third kappa shape index (κ3) is 77.5. The molecule has 0 saturated heterocycles. The summed E-state index contributed by atoms with van der Waals surface area (Å²) in [5.41, 5.74) is 0. The van der Waals surface area contributed by atoms with Gasteiger partial charge in [0, 0.05) is 25.7 Å². The molecule has 0 amide bonds. The van der Waals surface area contributed by atoms with Crippen molar-refractivity contribution in [1.29, 1.82) is 0 Å². The molecule has 0 aromatic rings. The summed E-state index contributed by atoms with van der Waals surface area (Å²) in [5.74, 6) is -2.13. The number of carbonyl (C=O) groups excluding carboxylic acids is 4. The van der Waals surface area contributed by atoms with Crippen LogP contribution in [0.15, 0.2) is 24.3 Å². The average molecular weight is 1500 g/mol. The first-order valence-corrected chi connectivity index (χ1v) is 46.1. The monoisotopic (exact) mass is 1500 g/mol. The molecule has 0 bridgehead atoms. The quantitative estimate of drug-likeness (QED) is 0.0169. The van der Waals surface area contributed by atoms with Gasteiger partial charge in [-0.05, 0) is 51.4 Å². The lowest BCUT2D eigenvalue weighted by atomic mass is 10.0. The predicted octanol–water partition coefficient (Wildman–Crippen LogP) is 25.3. The van der Waals surface area contributed by atoms with Gasteiger partial charge < -0.3 is 33.8 Å². The van der Waals surface area contributed by atoms with E-state index in [-0.39, 0.29) is 25.7 Å². The summed E-state index contributed by atoms with van der Waals surface area (Å²) in [6, 6.07) is 0. The molecule has 0 radical (unpaired) electrons. The summed E-state index contributed by atoms with van der Waals surface area (Å²) < 4.78 is 68.8. The summed E-state index contributed by atoms with van der Waals surface area (Å²) in [5, 5.41) is 10.7. The lowest BCUT2D eigenvalue weighted by molar-refractivity contribution is -0.161. The highest BCUT2D eigenvalue weighted by Gasteiger charge is 2.30. The molecule has 103 heavy (non-hydrogen) atoms.